The third-order valence-electron chi connectivity index (χ3n) is 2.53. The van der Waals surface area contributed by atoms with E-state index in [-0.39, 0.29) is 18.0 Å². The molecule has 4 heteroatoms. The van der Waals surface area contributed by atoms with Crippen molar-refractivity contribution in [3.05, 3.63) is 29.8 Å². The van der Waals surface area contributed by atoms with Crippen LogP contribution in [-0.2, 0) is 0 Å². The van der Waals surface area contributed by atoms with Crippen LogP contribution in [0.25, 0.3) is 0 Å². The van der Waals surface area contributed by atoms with Gasteiger partial charge in [-0.3, -0.25) is 4.79 Å². The average Bonchev–Trinajstić information content (AvgIpc) is 2.28. The molecule has 18 heavy (non-hydrogen) atoms. The predicted molar refractivity (Wildman–Crippen MR) is 72.8 cm³/mol. The van der Waals surface area contributed by atoms with Crippen LogP contribution in [0.1, 0.15) is 37.6 Å². The van der Waals surface area contributed by atoms with Gasteiger partial charge in [-0.15, -0.1) is 0 Å². The van der Waals surface area contributed by atoms with Gasteiger partial charge in [0, 0.05) is 12.1 Å². The van der Waals surface area contributed by atoms with Crippen molar-refractivity contribution in [3.8, 4) is 5.75 Å². The summed E-state index contributed by atoms with van der Waals surface area (Å²) in [6.45, 7) is 6.31. The largest absolute Gasteiger partial charge is 0.493 e. The van der Waals surface area contributed by atoms with Crippen LogP contribution >= 0.6 is 0 Å². The van der Waals surface area contributed by atoms with Crippen molar-refractivity contribution in [2.75, 3.05) is 6.61 Å². The average molecular weight is 250 g/mol. The molecule has 1 aromatic carbocycles. The number of hydrogen-bond donors (Lipinski definition) is 2. The molecule has 2 atom stereocenters. The van der Waals surface area contributed by atoms with Crippen LogP contribution in [0.4, 0.5) is 0 Å². The molecule has 0 spiro atoms. The molecule has 1 aromatic rings. The van der Waals surface area contributed by atoms with Gasteiger partial charge in [-0.25, -0.2) is 0 Å². The summed E-state index contributed by atoms with van der Waals surface area (Å²) >= 11 is 0. The van der Waals surface area contributed by atoms with Crippen molar-refractivity contribution in [2.45, 2.75) is 39.3 Å². The highest BCUT2D eigenvalue weighted by atomic mass is 16.5. The normalized spacial score (nSPS) is 13.8. The first kappa shape index (κ1) is 14.5. The molecular formula is C14H22N2O2. The summed E-state index contributed by atoms with van der Waals surface area (Å²) in [6, 6.07) is 7.36. The smallest absolute Gasteiger partial charge is 0.255 e. The second kappa shape index (κ2) is 7.01. The van der Waals surface area contributed by atoms with Crippen LogP contribution in [0, 0.1) is 0 Å². The van der Waals surface area contributed by atoms with Gasteiger partial charge in [-0.1, -0.05) is 12.1 Å². The first-order valence-electron chi connectivity index (χ1n) is 6.32. The molecule has 0 aliphatic carbocycles. The molecule has 1 amide bonds. The second-order valence-electron chi connectivity index (χ2n) is 4.52. The van der Waals surface area contributed by atoms with Crippen LogP contribution in [-0.4, -0.2) is 24.6 Å². The van der Waals surface area contributed by atoms with Crippen LogP contribution in [0.15, 0.2) is 24.3 Å². The number of ether oxygens (including phenoxy) is 1. The number of amides is 1. The standard InChI is InChI=1S/C14H22N2O2/c1-4-18-13-8-6-5-7-12(13)14(17)16-11(3)9-10(2)15/h5-8,10-11H,4,9,15H2,1-3H3,(H,16,17). The first-order chi connectivity index (χ1) is 8.54. The topological polar surface area (TPSA) is 64.3 Å². The summed E-state index contributed by atoms with van der Waals surface area (Å²) in [6.07, 6.45) is 0.753. The molecule has 0 aromatic heterocycles. The molecule has 0 radical (unpaired) electrons. The number of carbonyl (C=O) groups excluding carboxylic acids is 1. The lowest BCUT2D eigenvalue weighted by Crippen LogP contribution is -2.36. The van der Waals surface area contributed by atoms with E-state index in [4.69, 9.17) is 10.5 Å². The molecule has 0 bridgehead atoms. The van der Waals surface area contributed by atoms with Gasteiger partial charge in [0.15, 0.2) is 0 Å². The summed E-state index contributed by atoms with van der Waals surface area (Å²) in [5.41, 5.74) is 6.27. The van der Waals surface area contributed by atoms with Gasteiger partial charge < -0.3 is 15.8 Å². The first-order valence-corrected chi connectivity index (χ1v) is 6.32. The maximum Gasteiger partial charge on any atom is 0.255 e. The third kappa shape index (κ3) is 4.37. The van der Waals surface area contributed by atoms with E-state index >= 15 is 0 Å². The van der Waals surface area contributed by atoms with Crippen LogP contribution in [0.5, 0.6) is 5.75 Å². The lowest BCUT2D eigenvalue weighted by Gasteiger charge is -2.17. The highest BCUT2D eigenvalue weighted by Gasteiger charge is 2.14. The molecular weight excluding hydrogens is 228 g/mol. The summed E-state index contributed by atoms with van der Waals surface area (Å²) in [7, 11) is 0. The Balaban J connectivity index is 2.71. The van der Waals surface area contributed by atoms with E-state index in [9.17, 15) is 4.79 Å². The van der Waals surface area contributed by atoms with E-state index in [1.165, 1.54) is 0 Å². The van der Waals surface area contributed by atoms with Gasteiger partial charge >= 0.3 is 0 Å². The van der Waals surface area contributed by atoms with E-state index in [1.807, 2.05) is 32.9 Å². The molecule has 4 nitrogen and oxygen atoms in total. The van der Waals surface area contributed by atoms with Gasteiger partial charge in [0.25, 0.3) is 5.91 Å². The predicted octanol–water partition coefficient (Wildman–Crippen LogP) is 1.94. The Hall–Kier alpha value is -1.55. The van der Waals surface area contributed by atoms with Crippen molar-refractivity contribution < 1.29 is 9.53 Å². The minimum Gasteiger partial charge on any atom is -0.493 e. The minimum absolute atomic E-state index is 0.0483. The van der Waals surface area contributed by atoms with Crippen molar-refractivity contribution in [3.63, 3.8) is 0 Å². The van der Waals surface area contributed by atoms with Crippen LogP contribution in [0.2, 0.25) is 0 Å². The molecule has 0 saturated heterocycles. The van der Waals surface area contributed by atoms with Gasteiger partial charge in [-0.2, -0.15) is 0 Å². The Labute approximate surface area is 109 Å². The number of nitrogens with two attached hydrogens (primary N) is 1. The zero-order chi connectivity index (χ0) is 13.5. The molecule has 0 heterocycles. The fourth-order valence-electron chi connectivity index (χ4n) is 1.85. The second-order valence-corrected chi connectivity index (χ2v) is 4.52. The Morgan fingerprint density at radius 2 is 2.06 bits per heavy atom. The molecule has 0 saturated carbocycles. The molecule has 2 unspecified atom stereocenters. The lowest BCUT2D eigenvalue weighted by molar-refractivity contribution is 0.0934. The molecule has 0 aliphatic rings. The van der Waals surface area contributed by atoms with Crippen molar-refractivity contribution in [1.82, 2.24) is 5.32 Å². The van der Waals surface area contributed by atoms with Gasteiger partial charge in [-0.05, 0) is 39.3 Å². The van der Waals surface area contributed by atoms with Gasteiger partial charge in [0.05, 0.1) is 12.2 Å². The highest BCUT2D eigenvalue weighted by Crippen LogP contribution is 2.17. The van der Waals surface area contributed by atoms with Gasteiger partial charge in [0.2, 0.25) is 0 Å². The minimum atomic E-state index is -0.118. The molecule has 0 aliphatic heterocycles. The van der Waals surface area contributed by atoms with Crippen molar-refractivity contribution in [1.29, 1.82) is 0 Å². The van der Waals surface area contributed by atoms with Crippen LogP contribution < -0.4 is 15.8 Å². The van der Waals surface area contributed by atoms with Crippen molar-refractivity contribution in [2.24, 2.45) is 5.73 Å². The van der Waals surface area contributed by atoms with Crippen molar-refractivity contribution >= 4 is 5.91 Å². The number of nitrogens with one attached hydrogen (secondary N) is 1. The molecule has 100 valence electrons. The summed E-state index contributed by atoms with van der Waals surface area (Å²) < 4.78 is 5.44. The van der Waals surface area contributed by atoms with E-state index in [1.54, 1.807) is 12.1 Å². The summed E-state index contributed by atoms with van der Waals surface area (Å²) in [5, 5.41) is 2.93. The van der Waals surface area contributed by atoms with E-state index < -0.39 is 0 Å². The Morgan fingerprint density at radius 1 is 1.39 bits per heavy atom. The SMILES string of the molecule is CCOc1ccccc1C(=O)NC(C)CC(C)N. The van der Waals surface area contributed by atoms with E-state index in [0.717, 1.165) is 6.42 Å². The van der Waals surface area contributed by atoms with Crippen LogP contribution in [0.3, 0.4) is 0 Å². The maximum atomic E-state index is 12.1. The monoisotopic (exact) mass is 250 g/mol. The van der Waals surface area contributed by atoms with E-state index in [0.29, 0.717) is 17.9 Å². The zero-order valence-electron chi connectivity index (χ0n) is 11.3. The number of carbonyl (C=O) groups is 1. The summed E-state index contributed by atoms with van der Waals surface area (Å²) in [4.78, 5) is 12.1. The molecule has 3 N–H and O–H groups in total. The Bertz CT molecular complexity index is 391. The third-order valence-corrected chi connectivity index (χ3v) is 2.53. The highest BCUT2D eigenvalue weighted by molar-refractivity contribution is 5.97. The fourth-order valence-corrected chi connectivity index (χ4v) is 1.85. The lowest BCUT2D eigenvalue weighted by atomic mass is 10.1. The van der Waals surface area contributed by atoms with Gasteiger partial charge in [0.1, 0.15) is 5.75 Å². The Kier molecular flexibility index (Phi) is 5.65. The zero-order valence-corrected chi connectivity index (χ0v) is 11.3. The van der Waals surface area contributed by atoms with E-state index in [2.05, 4.69) is 5.32 Å². The summed E-state index contributed by atoms with van der Waals surface area (Å²) in [5.74, 6) is 0.498. The fraction of sp³-hybridized carbons (Fsp3) is 0.500. The number of hydrogen-bond acceptors (Lipinski definition) is 3. The molecule has 1 rings (SSSR count). The number of para-hydroxylation sites is 1. The number of rotatable bonds is 6. The maximum absolute atomic E-state index is 12.1. The quantitative estimate of drug-likeness (QED) is 0.811. The number of benzene rings is 1. The Morgan fingerprint density at radius 3 is 2.67 bits per heavy atom. The molecule has 0 fully saturated rings.